The normalized spacial score (nSPS) is 31.1. The van der Waals surface area contributed by atoms with Crippen molar-refractivity contribution in [1.82, 2.24) is 0 Å². The van der Waals surface area contributed by atoms with Crippen molar-refractivity contribution < 1.29 is 67.6 Å². The molecule has 0 saturated carbocycles. The van der Waals surface area contributed by atoms with E-state index in [1.54, 1.807) is 0 Å². The van der Waals surface area contributed by atoms with Crippen molar-refractivity contribution in [3.05, 3.63) is 71.8 Å². The van der Waals surface area contributed by atoms with Crippen LogP contribution in [0.15, 0.2) is 60.7 Å². The highest BCUT2D eigenvalue weighted by atomic mass is 16.7. The van der Waals surface area contributed by atoms with Crippen LogP contribution in [-0.2, 0) is 65.5 Å². The molecule has 2 aromatic carbocycles. The number of aliphatic hydroxyl groups is 3. The average molecular weight is 649 g/mol. The van der Waals surface area contributed by atoms with Gasteiger partial charge in [0.25, 0.3) is 0 Å². The van der Waals surface area contributed by atoms with E-state index in [1.165, 1.54) is 0 Å². The number of rotatable bonds is 13. The Kier molecular flexibility index (Phi) is 13.0. The van der Waals surface area contributed by atoms with E-state index in [0.29, 0.717) is 0 Å². The topological polar surface area (TPSA) is 186 Å². The Labute approximate surface area is 266 Å². The van der Waals surface area contributed by atoms with E-state index in [1.807, 2.05) is 60.7 Å². The molecule has 0 bridgehead atoms. The molecule has 14 heteroatoms. The first-order valence-corrected chi connectivity index (χ1v) is 14.8. The first kappa shape index (κ1) is 35.4. The van der Waals surface area contributed by atoms with Gasteiger partial charge in [0.1, 0.15) is 30.5 Å². The van der Waals surface area contributed by atoms with Crippen molar-refractivity contribution in [3.63, 3.8) is 0 Å². The molecule has 2 saturated heterocycles. The van der Waals surface area contributed by atoms with Crippen molar-refractivity contribution in [2.45, 2.75) is 95.4 Å². The van der Waals surface area contributed by atoms with E-state index in [4.69, 9.17) is 37.9 Å². The summed E-state index contributed by atoms with van der Waals surface area (Å²) in [6, 6.07) is 18.5. The Balaban J connectivity index is 1.59. The molecule has 0 aromatic heterocycles. The summed E-state index contributed by atoms with van der Waals surface area (Å²) < 4.78 is 45.9. The van der Waals surface area contributed by atoms with Gasteiger partial charge in [0.05, 0.1) is 26.4 Å². The molecule has 0 radical (unpaired) electrons. The van der Waals surface area contributed by atoms with E-state index in [0.717, 1.165) is 31.9 Å². The number of carbonyl (C=O) groups is 3. The fourth-order valence-electron chi connectivity index (χ4n) is 5.27. The maximum Gasteiger partial charge on any atom is 0.303 e. The Morgan fingerprint density at radius 3 is 1.65 bits per heavy atom. The fourth-order valence-corrected chi connectivity index (χ4v) is 5.27. The second-order valence-electron chi connectivity index (χ2n) is 10.9. The van der Waals surface area contributed by atoms with Crippen LogP contribution < -0.4 is 0 Å². The summed E-state index contributed by atoms with van der Waals surface area (Å²) in [6.45, 7) is 2.49. The summed E-state index contributed by atoms with van der Waals surface area (Å²) in [7, 11) is 0. The van der Waals surface area contributed by atoms with Crippen LogP contribution in [0.4, 0.5) is 0 Å². The highest BCUT2D eigenvalue weighted by Gasteiger charge is 2.53. The number of benzene rings is 2. The van der Waals surface area contributed by atoms with Gasteiger partial charge in [-0.25, -0.2) is 0 Å². The number of aliphatic hydroxyl groups excluding tert-OH is 3. The largest absolute Gasteiger partial charge is 0.456 e. The zero-order chi connectivity index (χ0) is 33.2. The van der Waals surface area contributed by atoms with E-state index < -0.39 is 92.5 Å². The smallest absolute Gasteiger partial charge is 0.303 e. The van der Waals surface area contributed by atoms with Crippen LogP contribution in [0.3, 0.4) is 0 Å². The van der Waals surface area contributed by atoms with Gasteiger partial charge in [0.2, 0.25) is 0 Å². The summed E-state index contributed by atoms with van der Waals surface area (Å²) >= 11 is 0. The highest BCUT2D eigenvalue weighted by Crippen LogP contribution is 2.32. The molecule has 46 heavy (non-hydrogen) atoms. The highest BCUT2D eigenvalue weighted by molar-refractivity contribution is 5.68. The van der Waals surface area contributed by atoms with Gasteiger partial charge in [-0.2, -0.15) is 0 Å². The summed E-state index contributed by atoms with van der Waals surface area (Å²) in [4.78, 5) is 35.8. The maximum absolute atomic E-state index is 12.1. The lowest BCUT2D eigenvalue weighted by Crippen LogP contribution is -2.64. The first-order chi connectivity index (χ1) is 22.1. The molecular weight excluding hydrogens is 608 g/mol. The lowest BCUT2D eigenvalue weighted by molar-refractivity contribution is -0.337. The van der Waals surface area contributed by atoms with E-state index in [2.05, 4.69) is 0 Å². The molecule has 2 fully saturated rings. The predicted octanol–water partition coefficient (Wildman–Crippen LogP) is 0.764. The van der Waals surface area contributed by atoms with Gasteiger partial charge in [0.15, 0.2) is 30.9 Å². The third-order valence-corrected chi connectivity index (χ3v) is 7.31. The Hall–Kier alpha value is -3.47. The van der Waals surface area contributed by atoms with Crippen LogP contribution in [0.1, 0.15) is 31.9 Å². The average Bonchev–Trinajstić information content (AvgIpc) is 3.02. The molecule has 0 spiro atoms. The summed E-state index contributed by atoms with van der Waals surface area (Å²) in [5.41, 5.74) is 1.64. The molecule has 2 aliphatic heterocycles. The van der Waals surface area contributed by atoms with Gasteiger partial charge in [-0.15, -0.1) is 0 Å². The van der Waals surface area contributed by atoms with Crippen LogP contribution in [0.25, 0.3) is 0 Å². The molecule has 2 aromatic rings. The van der Waals surface area contributed by atoms with Crippen LogP contribution in [-0.4, -0.2) is 108 Å². The number of esters is 3. The maximum atomic E-state index is 12.1. The Bertz CT molecular complexity index is 1260. The fraction of sp³-hybridized carbons (Fsp3) is 0.531. The Morgan fingerprint density at radius 1 is 0.630 bits per heavy atom. The second kappa shape index (κ2) is 16.9. The van der Waals surface area contributed by atoms with Crippen molar-refractivity contribution in [2.24, 2.45) is 0 Å². The molecule has 2 aliphatic rings. The van der Waals surface area contributed by atoms with Gasteiger partial charge in [-0.05, 0) is 11.1 Å². The van der Waals surface area contributed by atoms with E-state index in [9.17, 15) is 29.7 Å². The minimum absolute atomic E-state index is 0.0870. The molecule has 0 aliphatic carbocycles. The SMILES string of the molecule is CC(=O)OC1[C@@H](OC(C)=O)[C@H](OC(C)=O)C(CO[C@@H]2OC(CO)[C@@H](O)[C@@H](OCc3ccccc3)C2OCc2ccccc2)O[C@@H]1O. The summed E-state index contributed by atoms with van der Waals surface area (Å²) in [6.07, 6.45) is -13.2. The van der Waals surface area contributed by atoms with Gasteiger partial charge >= 0.3 is 17.9 Å². The minimum atomic E-state index is -1.79. The molecule has 4 unspecified atom stereocenters. The molecule has 4 rings (SSSR count). The lowest BCUT2D eigenvalue weighted by atomic mass is 9.97. The number of hydrogen-bond acceptors (Lipinski definition) is 14. The summed E-state index contributed by atoms with van der Waals surface area (Å²) in [5.74, 6) is -2.37. The van der Waals surface area contributed by atoms with Gasteiger partial charge < -0.3 is 53.2 Å². The monoisotopic (exact) mass is 648 g/mol. The second-order valence-corrected chi connectivity index (χ2v) is 10.9. The lowest BCUT2D eigenvalue weighted by Gasteiger charge is -2.45. The van der Waals surface area contributed by atoms with Crippen molar-refractivity contribution in [2.75, 3.05) is 13.2 Å². The summed E-state index contributed by atoms with van der Waals surface area (Å²) in [5, 5.41) is 31.9. The number of hydrogen-bond donors (Lipinski definition) is 3. The zero-order valence-electron chi connectivity index (χ0n) is 25.7. The van der Waals surface area contributed by atoms with E-state index >= 15 is 0 Å². The van der Waals surface area contributed by atoms with Crippen molar-refractivity contribution >= 4 is 17.9 Å². The van der Waals surface area contributed by atoms with Gasteiger partial charge in [-0.1, -0.05) is 60.7 Å². The van der Waals surface area contributed by atoms with Gasteiger partial charge in [-0.3, -0.25) is 14.4 Å². The number of ether oxygens (including phenoxy) is 8. The van der Waals surface area contributed by atoms with Crippen LogP contribution in [0, 0.1) is 0 Å². The molecule has 0 amide bonds. The first-order valence-electron chi connectivity index (χ1n) is 14.8. The van der Waals surface area contributed by atoms with Crippen LogP contribution >= 0.6 is 0 Å². The third kappa shape index (κ3) is 9.53. The third-order valence-electron chi connectivity index (χ3n) is 7.31. The van der Waals surface area contributed by atoms with Crippen molar-refractivity contribution in [1.29, 1.82) is 0 Å². The van der Waals surface area contributed by atoms with Crippen LogP contribution in [0.2, 0.25) is 0 Å². The quantitative estimate of drug-likeness (QED) is 0.204. The molecular formula is C32H40O14. The molecule has 252 valence electrons. The standard InChI is InChI=1S/C32H40O14/c1-18(34)42-26-24(45-31(38)29(44-20(3)36)28(26)43-19(2)35)17-41-32-30(40-16-22-12-8-5-9-13-22)27(25(37)23(14-33)46-32)39-15-21-10-6-4-7-11-21/h4-13,23-33,37-38H,14-17H2,1-3H3/t23?,24?,25-,26-,27-,28+,29?,30?,31+,32-/m1/s1. The molecule has 3 N–H and O–H groups in total. The zero-order valence-corrected chi connectivity index (χ0v) is 25.7. The predicted molar refractivity (Wildman–Crippen MR) is 155 cm³/mol. The molecule has 2 heterocycles. The Morgan fingerprint density at radius 2 is 1.13 bits per heavy atom. The minimum Gasteiger partial charge on any atom is -0.456 e. The number of carbonyl (C=O) groups excluding carboxylic acids is 3. The molecule has 10 atom stereocenters. The van der Waals surface area contributed by atoms with Gasteiger partial charge in [0, 0.05) is 20.8 Å². The van der Waals surface area contributed by atoms with Crippen LogP contribution in [0.5, 0.6) is 0 Å². The van der Waals surface area contributed by atoms with E-state index in [-0.39, 0.29) is 13.2 Å². The van der Waals surface area contributed by atoms with Crippen molar-refractivity contribution in [3.8, 4) is 0 Å². The molecule has 14 nitrogen and oxygen atoms in total.